The molecule has 1 aliphatic heterocycles. The Morgan fingerprint density at radius 3 is 2.36 bits per heavy atom. The molecular weight excluding hydrogens is 650 g/mol. The Bertz CT molecular complexity index is 1790. The smallest absolute Gasteiger partial charge is 0.265 e. The molecule has 4 aromatic carbocycles. The molecule has 0 bridgehead atoms. The summed E-state index contributed by atoms with van der Waals surface area (Å²) < 4.78 is 29.3. The van der Waals surface area contributed by atoms with E-state index in [0.717, 1.165) is 52.1 Å². The van der Waals surface area contributed by atoms with Crippen LogP contribution in [0, 0.1) is 0 Å². The van der Waals surface area contributed by atoms with Crippen LogP contribution in [0.2, 0.25) is 0 Å². The minimum Gasteiger partial charge on any atom is -0.352 e. The molecule has 6 rings (SSSR count). The van der Waals surface area contributed by atoms with Crippen molar-refractivity contribution < 1.29 is 18.0 Å². The maximum Gasteiger partial charge on any atom is 0.265 e. The number of hydrogen-bond acceptors (Lipinski definition) is 4. The molecular formula is C36H38BrN3O4S. The molecule has 1 fully saturated rings. The minimum absolute atomic E-state index is 0.105. The van der Waals surface area contributed by atoms with Gasteiger partial charge in [-0.2, -0.15) is 0 Å². The van der Waals surface area contributed by atoms with Crippen LogP contribution < -0.4 is 9.62 Å². The number of nitrogens with one attached hydrogen (secondary N) is 1. The Morgan fingerprint density at radius 2 is 1.60 bits per heavy atom. The van der Waals surface area contributed by atoms with Crippen molar-refractivity contribution in [2.24, 2.45) is 0 Å². The third-order valence-electron chi connectivity index (χ3n) is 8.90. The highest BCUT2D eigenvalue weighted by Crippen LogP contribution is 2.42. The van der Waals surface area contributed by atoms with Crippen LogP contribution in [0.1, 0.15) is 56.1 Å². The van der Waals surface area contributed by atoms with E-state index < -0.39 is 16.1 Å². The largest absolute Gasteiger partial charge is 0.352 e. The number of halogens is 1. The predicted molar refractivity (Wildman–Crippen MR) is 181 cm³/mol. The molecule has 1 heterocycles. The van der Waals surface area contributed by atoms with Gasteiger partial charge in [0.1, 0.15) is 6.04 Å². The highest BCUT2D eigenvalue weighted by atomic mass is 79.9. The van der Waals surface area contributed by atoms with Crippen molar-refractivity contribution in [3.05, 3.63) is 107 Å². The summed E-state index contributed by atoms with van der Waals surface area (Å²) in [6.07, 6.45) is 6.06. The van der Waals surface area contributed by atoms with Gasteiger partial charge < -0.3 is 10.2 Å². The van der Waals surface area contributed by atoms with E-state index in [2.05, 4.69) is 21.2 Å². The van der Waals surface area contributed by atoms with Gasteiger partial charge >= 0.3 is 0 Å². The topological polar surface area (TPSA) is 86.8 Å². The third-order valence-corrected chi connectivity index (χ3v) is 11.2. The van der Waals surface area contributed by atoms with E-state index in [1.165, 1.54) is 10.7 Å². The molecule has 234 valence electrons. The van der Waals surface area contributed by atoms with Gasteiger partial charge in [0.05, 0.1) is 10.6 Å². The average Bonchev–Trinajstić information content (AvgIpc) is 3.26. The molecule has 1 unspecified atom stereocenters. The Hall–Kier alpha value is -3.69. The molecule has 4 aromatic rings. The Balaban J connectivity index is 1.25. The summed E-state index contributed by atoms with van der Waals surface area (Å²) in [5.74, 6) is -0.319. The van der Waals surface area contributed by atoms with E-state index in [-0.39, 0.29) is 37.4 Å². The van der Waals surface area contributed by atoms with E-state index in [4.69, 9.17) is 0 Å². The molecule has 0 saturated heterocycles. The second-order valence-corrected chi connectivity index (χ2v) is 14.8. The van der Waals surface area contributed by atoms with Crippen LogP contribution in [-0.2, 0) is 32.6 Å². The highest BCUT2D eigenvalue weighted by molar-refractivity contribution is 9.10. The SMILES string of the molecule is O=C(NC1CCCCC1)C(Cc1ccccc1)N(Cc1cccc(Br)c1)C(=O)CCCN1c2cccc3cccc(c23)S1(=O)=O. The van der Waals surface area contributed by atoms with Crippen molar-refractivity contribution in [2.75, 3.05) is 10.8 Å². The molecule has 2 amide bonds. The van der Waals surface area contributed by atoms with Crippen molar-refractivity contribution >= 4 is 54.2 Å². The predicted octanol–water partition coefficient (Wildman–Crippen LogP) is 6.98. The number of carbonyl (C=O) groups is 2. The molecule has 9 heteroatoms. The fourth-order valence-corrected chi connectivity index (χ4v) is 8.84. The number of carbonyl (C=O) groups excluding carboxylic acids is 2. The van der Waals surface area contributed by atoms with E-state index in [1.54, 1.807) is 17.0 Å². The van der Waals surface area contributed by atoms with Crippen molar-refractivity contribution in [2.45, 2.75) is 74.9 Å². The van der Waals surface area contributed by atoms with Gasteiger partial charge in [0, 0.05) is 41.8 Å². The molecule has 7 nitrogen and oxygen atoms in total. The van der Waals surface area contributed by atoms with Gasteiger partial charge in [0.15, 0.2) is 0 Å². The molecule has 1 atom stereocenters. The molecule has 0 radical (unpaired) electrons. The second-order valence-electron chi connectivity index (χ2n) is 12.0. The maximum atomic E-state index is 14.2. The highest BCUT2D eigenvalue weighted by Gasteiger charge is 2.36. The number of anilines is 1. The van der Waals surface area contributed by atoms with Crippen LogP contribution in [-0.4, -0.2) is 43.8 Å². The fourth-order valence-electron chi connectivity index (χ4n) is 6.65. The molecule has 0 spiro atoms. The van der Waals surface area contributed by atoms with Crippen LogP contribution in [0.25, 0.3) is 10.8 Å². The van der Waals surface area contributed by atoms with Gasteiger partial charge in [-0.25, -0.2) is 8.42 Å². The van der Waals surface area contributed by atoms with Crippen LogP contribution in [0.4, 0.5) is 5.69 Å². The van der Waals surface area contributed by atoms with Crippen molar-refractivity contribution in [1.29, 1.82) is 0 Å². The zero-order valence-electron chi connectivity index (χ0n) is 25.2. The number of nitrogens with zero attached hydrogens (tertiary/aromatic N) is 2. The second kappa shape index (κ2) is 13.7. The molecule has 1 aliphatic carbocycles. The minimum atomic E-state index is -3.72. The lowest BCUT2D eigenvalue weighted by atomic mass is 9.94. The summed E-state index contributed by atoms with van der Waals surface area (Å²) in [6.45, 7) is 0.435. The van der Waals surface area contributed by atoms with Gasteiger partial charge in [0.25, 0.3) is 10.0 Å². The van der Waals surface area contributed by atoms with Crippen molar-refractivity contribution in [3.8, 4) is 0 Å². The summed E-state index contributed by atoms with van der Waals surface area (Å²) in [5.41, 5.74) is 2.53. The Kier molecular flexibility index (Phi) is 9.56. The number of rotatable bonds is 11. The monoisotopic (exact) mass is 687 g/mol. The summed E-state index contributed by atoms with van der Waals surface area (Å²) in [4.78, 5) is 30.2. The van der Waals surface area contributed by atoms with Crippen molar-refractivity contribution in [3.63, 3.8) is 0 Å². The normalized spacial score (nSPS) is 16.4. The van der Waals surface area contributed by atoms with Crippen molar-refractivity contribution in [1.82, 2.24) is 10.2 Å². The summed E-state index contributed by atoms with van der Waals surface area (Å²) in [7, 11) is -3.72. The van der Waals surface area contributed by atoms with E-state index in [1.807, 2.05) is 78.9 Å². The maximum absolute atomic E-state index is 14.2. The Morgan fingerprint density at radius 1 is 0.889 bits per heavy atom. The summed E-state index contributed by atoms with van der Waals surface area (Å²) in [5, 5.41) is 4.88. The van der Waals surface area contributed by atoms with E-state index in [9.17, 15) is 18.0 Å². The average molecular weight is 689 g/mol. The standard InChI is InChI=1S/C36H38BrN3O4S/c37-29-16-7-13-27(23-29)25-39(32(24-26-11-3-1-4-12-26)36(42)38-30-17-5-2-6-18-30)34(41)21-10-22-40-31-19-8-14-28-15-9-20-33(35(28)31)45(40,43)44/h1,3-4,7-9,11-16,19-20,23,30,32H,2,5-6,10,17-18,21-22,24-25H2,(H,38,42). The lowest BCUT2D eigenvalue weighted by molar-refractivity contribution is -0.141. The zero-order valence-corrected chi connectivity index (χ0v) is 27.6. The molecule has 1 N–H and O–H groups in total. The van der Waals surface area contributed by atoms with Gasteiger partial charge in [0.2, 0.25) is 11.8 Å². The lowest BCUT2D eigenvalue weighted by Gasteiger charge is -2.33. The van der Waals surface area contributed by atoms with E-state index >= 15 is 0 Å². The number of amides is 2. The number of hydrogen-bond donors (Lipinski definition) is 1. The molecule has 45 heavy (non-hydrogen) atoms. The molecule has 2 aliphatic rings. The van der Waals surface area contributed by atoms with Gasteiger partial charge in [-0.3, -0.25) is 13.9 Å². The van der Waals surface area contributed by atoms with E-state index in [0.29, 0.717) is 23.4 Å². The lowest BCUT2D eigenvalue weighted by Crippen LogP contribution is -2.52. The quantitative estimate of drug-likeness (QED) is 0.184. The summed E-state index contributed by atoms with van der Waals surface area (Å²) >= 11 is 3.54. The Labute approximate surface area is 273 Å². The zero-order chi connectivity index (χ0) is 31.4. The van der Waals surface area contributed by atoms with Crippen LogP contribution in [0.5, 0.6) is 0 Å². The summed E-state index contributed by atoms with van der Waals surface area (Å²) in [6, 6.07) is 27.9. The van der Waals surface area contributed by atoms with Gasteiger partial charge in [-0.1, -0.05) is 102 Å². The third kappa shape index (κ3) is 6.94. The van der Waals surface area contributed by atoms with Crippen LogP contribution >= 0.6 is 15.9 Å². The number of benzene rings is 4. The fraction of sp³-hybridized carbons (Fsp3) is 0.333. The van der Waals surface area contributed by atoms with Gasteiger partial charge in [-0.15, -0.1) is 0 Å². The first-order chi connectivity index (χ1) is 21.8. The first kappa shape index (κ1) is 31.3. The first-order valence-electron chi connectivity index (χ1n) is 15.7. The van der Waals surface area contributed by atoms with Gasteiger partial charge in [-0.05, 0) is 60.0 Å². The first-order valence-corrected chi connectivity index (χ1v) is 18.0. The molecule has 1 saturated carbocycles. The molecule has 0 aromatic heterocycles. The van der Waals surface area contributed by atoms with Crippen LogP contribution in [0.3, 0.4) is 0 Å². The van der Waals surface area contributed by atoms with Crippen LogP contribution in [0.15, 0.2) is 100 Å². The number of sulfonamides is 1.